The van der Waals surface area contributed by atoms with Crippen LogP contribution in [-0.4, -0.2) is 35.0 Å². The molecule has 1 aromatic heterocycles. The molecular formula is C13H18N6O. The molecule has 0 saturated carbocycles. The SMILES string of the molecule is CN(C)c1ccccc1NC(=O)Cn1cc(CN)nn1. The van der Waals surface area contributed by atoms with Crippen LogP contribution in [0.2, 0.25) is 0 Å². The number of carbonyl (C=O) groups excluding carboxylic acids is 1. The molecule has 1 heterocycles. The molecule has 0 bridgehead atoms. The normalized spacial score (nSPS) is 10.3. The number of amides is 1. The van der Waals surface area contributed by atoms with Crippen LogP contribution in [0.4, 0.5) is 11.4 Å². The Hall–Kier alpha value is -2.41. The number of hydrogen-bond donors (Lipinski definition) is 2. The van der Waals surface area contributed by atoms with E-state index >= 15 is 0 Å². The summed E-state index contributed by atoms with van der Waals surface area (Å²) in [6.07, 6.45) is 1.66. The Balaban J connectivity index is 2.04. The standard InChI is InChI=1S/C13H18N6O/c1-18(2)12-6-4-3-5-11(12)15-13(20)9-19-8-10(7-14)16-17-19/h3-6,8H,7,9,14H2,1-2H3,(H,15,20). The molecule has 0 fully saturated rings. The molecule has 20 heavy (non-hydrogen) atoms. The molecule has 0 radical (unpaired) electrons. The van der Waals surface area contributed by atoms with E-state index in [-0.39, 0.29) is 12.5 Å². The minimum absolute atomic E-state index is 0.106. The summed E-state index contributed by atoms with van der Waals surface area (Å²) in [5.74, 6) is -0.159. The van der Waals surface area contributed by atoms with Crippen LogP contribution in [0.15, 0.2) is 30.5 Å². The number of aromatic nitrogens is 3. The van der Waals surface area contributed by atoms with Crippen LogP contribution in [-0.2, 0) is 17.9 Å². The number of hydrogen-bond acceptors (Lipinski definition) is 5. The maximum Gasteiger partial charge on any atom is 0.246 e. The molecule has 7 heteroatoms. The van der Waals surface area contributed by atoms with Crippen molar-refractivity contribution >= 4 is 17.3 Å². The van der Waals surface area contributed by atoms with Crippen molar-refractivity contribution in [1.82, 2.24) is 15.0 Å². The summed E-state index contributed by atoms with van der Waals surface area (Å²) in [6, 6.07) is 7.61. The van der Waals surface area contributed by atoms with Crippen molar-refractivity contribution in [3.05, 3.63) is 36.2 Å². The van der Waals surface area contributed by atoms with Gasteiger partial charge in [-0.2, -0.15) is 0 Å². The van der Waals surface area contributed by atoms with Crippen molar-refractivity contribution in [2.75, 3.05) is 24.3 Å². The van der Waals surface area contributed by atoms with Gasteiger partial charge in [0, 0.05) is 20.6 Å². The van der Waals surface area contributed by atoms with Gasteiger partial charge in [0.1, 0.15) is 6.54 Å². The van der Waals surface area contributed by atoms with Gasteiger partial charge in [-0.15, -0.1) is 5.10 Å². The topological polar surface area (TPSA) is 89.1 Å². The third kappa shape index (κ3) is 3.33. The highest BCUT2D eigenvalue weighted by atomic mass is 16.2. The molecular weight excluding hydrogens is 256 g/mol. The van der Waals surface area contributed by atoms with Crippen LogP contribution < -0.4 is 16.0 Å². The second-order valence-corrected chi connectivity index (χ2v) is 4.57. The average Bonchev–Trinajstić information content (AvgIpc) is 2.86. The Morgan fingerprint density at radius 2 is 2.15 bits per heavy atom. The minimum atomic E-state index is -0.159. The third-order valence-electron chi connectivity index (χ3n) is 2.76. The predicted molar refractivity (Wildman–Crippen MR) is 77.3 cm³/mol. The second-order valence-electron chi connectivity index (χ2n) is 4.57. The summed E-state index contributed by atoms with van der Waals surface area (Å²) in [7, 11) is 3.85. The van der Waals surface area contributed by atoms with Crippen LogP contribution in [0.5, 0.6) is 0 Å². The van der Waals surface area contributed by atoms with Crippen molar-refractivity contribution in [2.45, 2.75) is 13.1 Å². The van der Waals surface area contributed by atoms with Gasteiger partial charge in [0.25, 0.3) is 0 Å². The van der Waals surface area contributed by atoms with E-state index in [1.165, 1.54) is 4.68 Å². The fraction of sp³-hybridized carbons (Fsp3) is 0.308. The lowest BCUT2D eigenvalue weighted by molar-refractivity contribution is -0.116. The van der Waals surface area contributed by atoms with Gasteiger partial charge < -0.3 is 16.0 Å². The molecule has 0 saturated heterocycles. The van der Waals surface area contributed by atoms with E-state index in [1.807, 2.05) is 43.3 Å². The number of nitrogens with one attached hydrogen (secondary N) is 1. The molecule has 1 aromatic carbocycles. The third-order valence-corrected chi connectivity index (χ3v) is 2.76. The smallest absolute Gasteiger partial charge is 0.246 e. The first kappa shape index (κ1) is 14.0. The molecule has 3 N–H and O–H groups in total. The van der Waals surface area contributed by atoms with E-state index in [4.69, 9.17) is 5.73 Å². The van der Waals surface area contributed by atoms with E-state index in [0.717, 1.165) is 11.4 Å². The van der Waals surface area contributed by atoms with Gasteiger partial charge >= 0.3 is 0 Å². The van der Waals surface area contributed by atoms with Crippen molar-refractivity contribution in [3.8, 4) is 0 Å². The highest BCUT2D eigenvalue weighted by molar-refractivity contribution is 5.94. The van der Waals surface area contributed by atoms with Crippen LogP contribution >= 0.6 is 0 Å². The fourth-order valence-electron chi connectivity index (χ4n) is 1.82. The van der Waals surface area contributed by atoms with E-state index in [0.29, 0.717) is 12.2 Å². The Morgan fingerprint density at radius 1 is 1.40 bits per heavy atom. The van der Waals surface area contributed by atoms with Gasteiger partial charge in [0.05, 0.1) is 23.3 Å². The number of nitrogens with zero attached hydrogens (tertiary/aromatic N) is 4. The highest BCUT2D eigenvalue weighted by Gasteiger charge is 2.09. The molecule has 106 valence electrons. The van der Waals surface area contributed by atoms with E-state index in [2.05, 4.69) is 15.6 Å². The Labute approximate surface area is 117 Å². The Kier molecular flexibility index (Phi) is 4.31. The summed E-state index contributed by atoms with van der Waals surface area (Å²) < 4.78 is 1.47. The van der Waals surface area contributed by atoms with Gasteiger partial charge in [-0.25, -0.2) is 4.68 Å². The lowest BCUT2D eigenvalue weighted by Crippen LogP contribution is -2.21. The van der Waals surface area contributed by atoms with E-state index in [1.54, 1.807) is 6.20 Å². The van der Waals surface area contributed by atoms with Crippen molar-refractivity contribution in [2.24, 2.45) is 5.73 Å². The number of benzene rings is 1. The quantitative estimate of drug-likeness (QED) is 0.826. The maximum absolute atomic E-state index is 12.0. The predicted octanol–water partition coefficient (Wildman–Crippen LogP) is 0.441. The number of para-hydroxylation sites is 2. The van der Waals surface area contributed by atoms with Gasteiger partial charge in [-0.05, 0) is 12.1 Å². The van der Waals surface area contributed by atoms with Crippen LogP contribution in [0.1, 0.15) is 5.69 Å². The Morgan fingerprint density at radius 3 is 2.80 bits per heavy atom. The maximum atomic E-state index is 12.0. The van der Waals surface area contributed by atoms with E-state index < -0.39 is 0 Å². The number of nitrogens with two attached hydrogens (primary N) is 1. The first-order valence-electron chi connectivity index (χ1n) is 6.25. The molecule has 2 aromatic rings. The van der Waals surface area contributed by atoms with Crippen molar-refractivity contribution < 1.29 is 4.79 Å². The summed E-state index contributed by atoms with van der Waals surface area (Å²) >= 11 is 0. The first-order valence-corrected chi connectivity index (χ1v) is 6.25. The lowest BCUT2D eigenvalue weighted by atomic mass is 10.2. The average molecular weight is 274 g/mol. The Bertz CT molecular complexity index is 592. The summed E-state index contributed by atoms with van der Waals surface area (Å²) in [4.78, 5) is 13.9. The molecule has 7 nitrogen and oxygen atoms in total. The summed E-state index contributed by atoms with van der Waals surface area (Å²) in [5, 5.41) is 10.5. The zero-order valence-electron chi connectivity index (χ0n) is 11.6. The van der Waals surface area contributed by atoms with Gasteiger partial charge in [0.15, 0.2) is 0 Å². The molecule has 2 rings (SSSR count). The second kappa shape index (κ2) is 6.16. The summed E-state index contributed by atoms with van der Waals surface area (Å²) in [6.45, 7) is 0.417. The van der Waals surface area contributed by atoms with Crippen LogP contribution in [0.25, 0.3) is 0 Å². The zero-order valence-corrected chi connectivity index (χ0v) is 11.6. The monoisotopic (exact) mass is 274 g/mol. The number of rotatable bonds is 5. The lowest BCUT2D eigenvalue weighted by Gasteiger charge is -2.17. The molecule has 0 unspecified atom stereocenters. The molecule has 1 amide bonds. The largest absolute Gasteiger partial charge is 0.376 e. The zero-order chi connectivity index (χ0) is 14.5. The number of carbonyl (C=O) groups is 1. The fourth-order valence-corrected chi connectivity index (χ4v) is 1.82. The minimum Gasteiger partial charge on any atom is -0.376 e. The van der Waals surface area contributed by atoms with Crippen LogP contribution in [0, 0.1) is 0 Å². The van der Waals surface area contributed by atoms with Crippen molar-refractivity contribution in [3.63, 3.8) is 0 Å². The number of anilines is 2. The van der Waals surface area contributed by atoms with E-state index in [9.17, 15) is 4.79 Å². The molecule has 0 atom stereocenters. The first-order chi connectivity index (χ1) is 9.60. The van der Waals surface area contributed by atoms with Crippen LogP contribution in [0.3, 0.4) is 0 Å². The molecule has 0 aliphatic rings. The van der Waals surface area contributed by atoms with Gasteiger partial charge in [-0.1, -0.05) is 17.3 Å². The molecule has 0 aliphatic carbocycles. The van der Waals surface area contributed by atoms with Gasteiger partial charge in [-0.3, -0.25) is 4.79 Å². The molecule has 0 aliphatic heterocycles. The summed E-state index contributed by atoms with van der Waals surface area (Å²) in [5.41, 5.74) is 7.82. The highest BCUT2D eigenvalue weighted by Crippen LogP contribution is 2.23. The van der Waals surface area contributed by atoms with Gasteiger partial charge in [0.2, 0.25) is 5.91 Å². The van der Waals surface area contributed by atoms with Crippen molar-refractivity contribution in [1.29, 1.82) is 0 Å². The molecule has 0 spiro atoms.